The minimum Gasteiger partial charge on any atom is -0.478 e. The van der Waals surface area contributed by atoms with Crippen LogP contribution < -0.4 is 0 Å². The molecule has 1 aromatic rings. The van der Waals surface area contributed by atoms with E-state index in [0.717, 1.165) is 18.4 Å². The van der Waals surface area contributed by atoms with Gasteiger partial charge in [0, 0.05) is 7.11 Å². The first-order chi connectivity index (χ1) is 6.68. The normalized spacial score (nSPS) is 17.8. The van der Waals surface area contributed by atoms with Crippen molar-refractivity contribution in [2.24, 2.45) is 0 Å². The Labute approximate surface area is 82.3 Å². The highest BCUT2D eigenvalue weighted by Gasteiger charge is 2.44. The third kappa shape index (κ3) is 1.40. The Morgan fingerprint density at radius 2 is 1.93 bits per heavy atom. The number of carboxylic acid groups (broad SMARTS) is 1. The molecule has 0 aliphatic heterocycles. The summed E-state index contributed by atoms with van der Waals surface area (Å²) in [5, 5.41) is 8.72. The molecular formula is C11H12O3. The summed E-state index contributed by atoms with van der Waals surface area (Å²) in [6.45, 7) is 0. The second-order valence-corrected chi connectivity index (χ2v) is 3.58. The number of benzene rings is 1. The van der Waals surface area contributed by atoms with Gasteiger partial charge in [0.15, 0.2) is 0 Å². The maximum atomic E-state index is 10.6. The maximum absolute atomic E-state index is 10.6. The molecule has 0 spiro atoms. The second kappa shape index (κ2) is 3.10. The van der Waals surface area contributed by atoms with Gasteiger partial charge in [0.2, 0.25) is 0 Å². The van der Waals surface area contributed by atoms with Gasteiger partial charge in [0.05, 0.1) is 11.2 Å². The van der Waals surface area contributed by atoms with Crippen molar-refractivity contribution in [1.82, 2.24) is 0 Å². The number of methoxy groups -OCH3 is 1. The highest BCUT2D eigenvalue weighted by molar-refractivity contribution is 5.87. The first-order valence-electron chi connectivity index (χ1n) is 4.57. The fourth-order valence-corrected chi connectivity index (χ4v) is 1.64. The predicted molar refractivity (Wildman–Crippen MR) is 51.3 cm³/mol. The number of rotatable bonds is 3. The largest absolute Gasteiger partial charge is 0.478 e. The standard InChI is InChI=1S/C11H12O3/c1-14-11(6-7-11)9-4-2-8(3-5-9)10(12)13/h2-5H,6-7H2,1H3,(H,12,13). The summed E-state index contributed by atoms with van der Waals surface area (Å²) < 4.78 is 5.39. The van der Waals surface area contributed by atoms with E-state index in [1.165, 1.54) is 0 Å². The minimum absolute atomic E-state index is 0.128. The third-order valence-electron chi connectivity index (χ3n) is 2.75. The summed E-state index contributed by atoms with van der Waals surface area (Å²) in [5.41, 5.74) is 1.27. The molecule has 2 rings (SSSR count). The lowest BCUT2D eigenvalue weighted by Gasteiger charge is -2.13. The summed E-state index contributed by atoms with van der Waals surface area (Å²) >= 11 is 0. The van der Waals surface area contributed by atoms with Crippen molar-refractivity contribution >= 4 is 5.97 Å². The lowest BCUT2D eigenvalue weighted by atomic mass is 10.1. The Hall–Kier alpha value is -1.35. The Morgan fingerprint density at radius 1 is 1.36 bits per heavy atom. The summed E-state index contributed by atoms with van der Waals surface area (Å²) in [4.78, 5) is 10.6. The van der Waals surface area contributed by atoms with Gasteiger partial charge < -0.3 is 9.84 Å². The van der Waals surface area contributed by atoms with Crippen LogP contribution in [0.4, 0.5) is 0 Å². The molecule has 3 nitrogen and oxygen atoms in total. The number of hydrogen-bond donors (Lipinski definition) is 1. The molecule has 0 bridgehead atoms. The number of hydrogen-bond acceptors (Lipinski definition) is 2. The molecule has 3 heteroatoms. The molecule has 1 saturated carbocycles. The zero-order valence-electron chi connectivity index (χ0n) is 7.99. The van der Waals surface area contributed by atoms with E-state index in [4.69, 9.17) is 9.84 Å². The first kappa shape index (κ1) is 9.21. The summed E-state index contributed by atoms with van der Waals surface area (Å²) in [6.07, 6.45) is 2.05. The van der Waals surface area contributed by atoms with Gasteiger partial charge in [0.25, 0.3) is 0 Å². The smallest absolute Gasteiger partial charge is 0.335 e. The predicted octanol–water partition coefficient (Wildman–Crippen LogP) is 2.02. The van der Waals surface area contributed by atoms with Crippen molar-refractivity contribution in [3.63, 3.8) is 0 Å². The van der Waals surface area contributed by atoms with Crippen LogP contribution in [0.15, 0.2) is 24.3 Å². The molecule has 14 heavy (non-hydrogen) atoms. The Kier molecular flexibility index (Phi) is 2.04. The van der Waals surface area contributed by atoms with Gasteiger partial charge in [-0.2, -0.15) is 0 Å². The molecule has 0 heterocycles. The molecule has 1 aromatic carbocycles. The average Bonchev–Trinajstić information content (AvgIpc) is 2.99. The minimum atomic E-state index is -0.890. The number of carbonyl (C=O) groups is 1. The van der Waals surface area contributed by atoms with Crippen LogP contribution in [0.2, 0.25) is 0 Å². The molecule has 1 aliphatic rings. The van der Waals surface area contributed by atoms with Gasteiger partial charge in [-0.25, -0.2) is 4.79 Å². The van der Waals surface area contributed by atoms with Gasteiger partial charge in [-0.3, -0.25) is 0 Å². The van der Waals surface area contributed by atoms with Crippen molar-refractivity contribution in [3.05, 3.63) is 35.4 Å². The second-order valence-electron chi connectivity index (χ2n) is 3.58. The SMILES string of the molecule is COC1(c2ccc(C(=O)O)cc2)CC1. The van der Waals surface area contributed by atoms with Crippen LogP contribution in [0, 0.1) is 0 Å². The summed E-state index contributed by atoms with van der Waals surface area (Å²) in [7, 11) is 1.69. The Bertz CT molecular complexity index is 349. The van der Waals surface area contributed by atoms with E-state index in [1.807, 2.05) is 12.1 Å². The number of aromatic carboxylic acids is 1. The summed E-state index contributed by atoms with van der Waals surface area (Å²) in [5.74, 6) is -0.890. The van der Waals surface area contributed by atoms with E-state index in [1.54, 1.807) is 19.2 Å². The first-order valence-corrected chi connectivity index (χ1v) is 4.57. The quantitative estimate of drug-likeness (QED) is 0.796. The highest BCUT2D eigenvalue weighted by Crippen LogP contribution is 2.48. The van der Waals surface area contributed by atoms with E-state index in [2.05, 4.69) is 0 Å². The molecule has 1 aliphatic carbocycles. The van der Waals surface area contributed by atoms with E-state index < -0.39 is 5.97 Å². The van der Waals surface area contributed by atoms with Crippen LogP contribution in [-0.2, 0) is 10.3 Å². The van der Waals surface area contributed by atoms with Gasteiger partial charge in [-0.1, -0.05) is 12.1 Å². The van der Waals surface area contributed by atoms with E-state index in [0.29, 0.717) is 5.56 Å². The molecule has 0 aromatic heterocycles. The molecule has 74 valence electrons. The van der Waals surface area contributed by atoms with Crippen LogP contribution in [0.25, 0.3) is 0 Å². The zero-order chi connectivity index (χ0) is 10.2. The Balaban J connectivity index is 2.26. The summed E-state index contributed by atoms with van der Waals surface area (Å²) in [6, 6.07) is 6.91. The Morgan fingerprint density at radius 3 is 2.29 bits per heavy atom. The molecule has 1 N–H and O–H groups in total. The van der Waals surface area contributed by atoms with Gasteiger partial charge in [0.1, 0.15) is 0 Å². The van der Waals surface area contributed by atoms with Gasteiger partial charge in [-0.05, 0) is 30.5 Å². The number of carboxylic acids is 1. The zero-order valence-corrected chi connectivity index (χ0v) is 7.99. The van der Waals surface area contributed by atoms with Crippen molar-refractivity contribution in [2.45, 2.75) is 18.4 Å². The van der Waals surface area contributed by atoms with Crippen LogP contribution in [0.3, 0.4) is 0 Å². The fraction of sp³-hybridized carbons (Fsp3) is 0.364. The van der Waals surface area contributed by atoms with Crippen molar-refractivity contribution in [1.29, 1.82) is 0 Å². The van der Waals surface area contributed by atoms with Crippen LogP contribution in [-0.4, -0.2) is 18.2 Å². The van der Waals surface area contributed by atoms with E-state index in [-0.39, 0.29) is 5.60 Å². The lowest BCUT2D eigenvalue weighted by molar-refractivity contribution is 0.0694. The number of ether oxygens (including phenoxy) is 1. The van der Waals surface area contributed by atoms with Crippen molar-refractivity contribution in [3.8, 4) is 0 Å². The molecule has 0 radical (unpaired) electrons. The highest BCUT2D eigenvalue weighted by atomic mass is 16.5. The maximum Gasteiger partial charge on any atom is 0.335 e. The van der Waals surface area contributed by atoms with Crippen molar-refractivity contribution in [2.75, 3.05) is 7.11 Å². The molecule has 0 atom stereocenters. The van der Waals surface area contributed by atoms with Crippen molar-refractivity contribution < 1.29 is 14.6 Å². The molecular weight excluding hydrogens is 180 g/mol. The van der Waals surface area contributed by atoms with E-state index in [9.17, 15) is 4.79 Å². The van der Waals surface area contributed by atoms with Crippen LogP contribution in [0.5, 0.6) is 0 Å². The molecule has 1 fully saturated rings. The molecule has 0 saturated heterocycles. The van der Waals surface area contributed by atoms with E-state index >= 15 is 0 Å². The lowest BCUT2D eigenvalue weighted by Crippen LogP contribution is -2.09. The monoisotopic (exact) mass is 192 g/mol. The fourth-order valence-electron chi connectivity index (χ4n) is 1.64. The molecule has 0 unspecified atom stereocenters. The average molecular weight is 192 g/mol. The topological polar surface area (TPSA) is 46.5 Å². The molecule has 0 amide bonds. The van der Waals surface area contributed by atoms with Crippen LogP contribution >= 0.6 is 0 Å². The van der Waals surface area contributed by atoms with Gasteiger partial charge >= 0.3 is 5.97 Å². The third-order valence-corrected chi connectivity index (χ3v) is 2.75. The van der Waals surface area contributed by atoms with Gasteiger partial charge in [-0.15, -0.1) is 0 Å². The van der Waals surface area contributed by atoms with Crippen LogP contribution in [0.1, 0.15) is 28.8 Å².